The zero-order chi connectivity index (χ0) is 18.8. The van der Waals surface area contributed by atoms with Crippen molar-refractivity contribution in [2.24, 2.45) is 0 Å². The number of carboxylic acid groups (broad SMARTS) is 1. The predicted octanol–water partition coefficient (Wildman–Crippen LogP) is -0.0100. The minimum absolute atomic E-state index is 0.0280. The summed E-state index contributed by atoms with van der Waals surface area (Å²) in [6.45, 7) is 0.403. The Bertz CT molecular complexity index is 624. The fourth-order valence-electron chi connectivity index (χ4n) is 1.03. The van der Waals surface area contributed by atoms with E-state index in [0.717, 1.165) is 11.5 Å². The van der Waals surface area contributed by atoms with Crippen LogP contribution in [-0.4, -0.2) is 47.3 Å². The summed E-state index contributed by atoms with van der Waals surface area (Å²) in [5, 5.41) is 11.0. The second kappa shape index (κ2) is 10.2. The van der Waals surface area contributed by atoms with Crippen LogP contribution in [0.4, 0.5) is 13.2 Å². The number of aryl methyl sites for hydroxylation is 1. The molecule has 0 aliphatic heterocycles. The number of carbonyl (C=O) groups excluding carboxylic acids is 2. The van der Waals surface area contributed by atoms with Crippen molar-refractivity contribution < 1.29 is 42.1 Å². The molecule has 24 heavy (non-hydrogen) atoms. The fourth-order valence-corrected chi connectivity index (χ4v) is 1.67. The van der Waals surface area contributed by atoms with E-state index in [4.69, 9.17) is 11.5 Å². The van der Waals surface area contributed by atoms with Crippen LogP contribution in [0.15, 0.2) is 6.20 Å². The van der Waals surface area contributed by atoms with Crippen LogP contribution >= 0.6 is 11.5 Å². The number of esters is 1. The van der Waals surface area contributed by atoms with Crippen LogP contribution in [0.3, 0.4) is 0 Å². The summed E-state index contributed by atoms with van der Waals surface area (Å²) >= 11 is 0.999. The van der Waals surface area contributed by atoms with E-state index in [9.17, 15) is 27.6 Å². The summed E-state index contributed by atoms with van der Waals surface area (Å²) in [5.74, 6) is -1.09. The van der Waals surface area contributed by atoms with E-state index in [1.807, 2.05) is 0 Å². The van der Waals surface area contributed by atoms with Crippen molar-refractivity contribution in [2.75, 3.05) is 13.7 Å². The fraction of sp³-hybridized carbons (Fsp3) is 0.417. The zero-order valence-electron chi connectivity index (χ0n) is 12.3. The molecule has 1 amide bonds. The maximum Gasteiger partial charge on any atom is 0.490 e. The molecule has 1 aromatic rings. The number of carboxylic acids is 1. The van der Waals surface area contributed by atoms with E-state index in [-0.39, 0.29) is 25.4 Å². The summed E-state index contributed by atoms with van der Waals surface area (Å²) in [6, 6.07) is 0. The van der Waals surface area contributed by atoms with Gasteiger partial charge in [-0.2, -0.15) is 13.2 Å². The lowest BCUT2D eigenvalue weighted by atomic mass is 10.4. The van der Waals surface area contributed by atoms with Crippen molar-refractivity contribution in [3.05, 3.63) is 11.1 Å². The maximum atomic E-state index is 11.4. The number of hydrogen-bond donors (Lipinski definition) is 2. The van der Waals surface area contributed by atoms with Gasteiger partial charge in [-0.1, -0.05) is 10.6 Å². The van der Waals surface area contributed by atoms with Gasteiger partial charge in [0.1, 0.15) is 6.42 Å². The molecular weight excluding hydrogens is 355 g/mol. The third-order valence-electron chi connectivity index (χ3n) is 2.06. The summed E-state index contributed by atoms with van der Waals surface area (Å²) in [4.78, 5) is 31.6. The molecular formula is C12H13F3N3O5S+. The lowest BCUT2D eigenvalue weighted by Crippen LogP contribution is -2.36. The summed E-state index contributed by atoms with van der Waals surface area (Å²) in [6.07, 6.45) is 1.61. The minimum Gasteiger partial charge on any atom is -0.481 e. The highest BCUT2D eigenvalue weighted by Gasteiger charge is 2.40. The van der Waals surface area contributed by atoms with Crippen LogP contribution in [0.1, 0.15) is 16.1 Å². The Morgan fingerprint density at radius 3 is 2.54 bits per heavy atom. The van der Waals surface area contributed by atoms with E-state index in [1.165, 1.54) is 10.9 Å². The topological polar surface area (TPSA) is 109 Å². The average Bonchev–Trinajstić information content (AvgIpc) is 2.98. The van der Waals surface area contributed by atoms with Crippen LogP contribution in [-0.2, 0) is 20.9 Å². The largest absolute Gasteiger partial charge is 0.490 e. The summed E-state index contributed by atoms with van der Waals surface area (Å²) < 4.78 is 41.6. The third kappa shape index (κ3) is 8.69. The van der Waals surface area contributed by atoms with Gasteiger partial charge in [0.05, 0.1) is 18.1 Å². The average molecular weight is 368 g/mol. The number of aliphatic carboxylic acids is 1. The van der Waals surface area contributed by atoms with E-state index in [0.29, 0.717) is 12.0 Å². The molecule has 0 atom stereocenters. The summed E-state index contributed by atoms with van der Waals surface area (Å²) in [7, 11) is 0.676. The molecule has 8 nitrogen and oxygen atoms in total. The molecule has 2 N–H and O–H groups in total. The number of carbonyl (C=O) groups is 3. The van der Waals surface area contributed by atoms with E-state index in [1.54, 1.807) is 0 Å². The van der Waals surface area contributed by atoms with Crippen molar-refractivity contribution in [2.45, 2.75) is 19.1 Å². The van der Waals surface area contributed by atoms with E-state index < -0.39 is 18.1 Å². The molecule has 0 fully saturated rings. The molecule has 0 aliphatic rings. The van der Waals surface area contributed by atoms with Crippen molar-refractivity contribution in [1.82, 2.24) is 9.81 Å². The van der Waals surface area contributed by atoms with Crippen LogP contribution < -0.4 is 10.00 Å². The van der Waals surface area contributed by atoms with Crippen molar-refractivity contribution >= 4 is 29.4 Å². The smallest absolute Gasteiger partial charge is 0.481 e. The van der Waals surface area contributed by atoms with Crippen molar-refractivity contribution in [1.29, 1.82) is 0 Å². The third-order valence-corrected chi connectivity index (χ3v) is 2.84. The normalized spacial score (nSPS) is 9.96. The lowest BCUT2D eigenvalue weighted by Gasteiger charge is -1.99. The second-order valence-corrected chi connectivity index (χ2v) is 4.63. The van der Waals surface area contributed by atoms with Gasteiger partial charge < -0.3 is 15.2 Å². The van der Waals surface area contributed by atoms with Crippen molar-refractivity contribution in [3.63, 3.8) is 0 Å². The Morgan fingerprint density at radius 2 is 2.12 bits per heavy atom. The molecule has 0 unspecified atom stereocenters. The molecule has 1 heterocycles. The van der Waals surface area contributed by atoms with Crippen LogP contribution in [0, 0.1) is 12.3 Å². The molecule has 12 heteroatoms. The molecule has 132 valence electrons. The molecule has 0 aliphatic carbocycles. The second-order valence-electron chi connectivity index (χ2n) is 3.85. The first kappa shape index (κ1) is 21.3. The Balaban J connectivity index is 0.000000561. The predicted molar refractivity (Wildman–Crippen MR) is 73.8 cm³/mol. The van der Waals surface area contributed by atoms with Crippen LogP contribution in [0.5, 0.6) is 0 Å². The molecule has 0 radical (unpaired) electrons. The molecule has 0 spiro atoms. The standard InChI is InChI=1S/C9H9N3O3S.C3H3F3O2/c1-2-4-10-9(15)7-6-12(11-16-7)5-3-8(13)14;1-8-2(7)3(4,5)6/h1,6H,3-5H2,(H-,10,13,14,15);1H3/p+1. The first-order chi connectivity index (χ1) is 11.1. The van der Waals surface area contributed by atoms with Gasteiger partial charge in [-0.05, 0) is 0 Å². The number of methoxy groups -OCH3 is 1. The highest BCUT2D eigenvalue weighted by Crippen LogP contribution is 2.15. The van der Waals surface area contributed by atoms with E-state index in [2.05, 4.69) is 20.5 Å². The highest BCUT2D eigenvalue weighted by atomic mass is 32.1. The monoisotopic (exact) mass is 368 g/mol. The Kier molecular flexibility index (Phi) is 9.03. The highest BCUT2D eigenvalue weighted by molar-refractivity contribution is 7.07. The van der Waals surface area contributed by atoms with Gasteiger partial charge in [0.15, 0.2) is 11.4 Å². The Labute approximate surface area is 138 Å². The number of ether oxygens (including phenoxy) is 1. The number of nitrogens with one attached hydrogen (secondary N) is 1. The molecule has 0 bridgehead atoms. The number of terminal acetylenes is 1. The van der Waals surface area contributed by atoms with Crippen LogP contribution in [0.2, 0.25) is 0 Å². The van der Waals surface area contributed by atoms with Gasteiger partial charge in [-0.25, -0.2) is 4.79 Å². The minimum atomic E-state index is -4.85. The van der Waals surface area contributed by atoms with Gasteiger partial charge in [0.2, 0.25) is 6.20 Å². The van der Waals surface area contributed by atoms with Gasteiger partial charge in [-0.15, -0.1) is 6.42 Å². The first-order valence-electron chi connectivity index (χ1n) is 6.06. The van der Waals surface area contributed by atoms with Gasteiger partial charge >= 0.3 is 18.1 Å². The molecule has 0 saturated heterocycles. The lowest BCUT2D eigenvalue weighted by molar-refractivity contribution is -0.745. The zero-order valence-corrected chi connectivity index (χ0v) is 13.1. The number of rotatable bonds is 5. The van der Waals surface area contributed by atoms with Gasteiger partial charge in [0.25, 0.3) is 5.91 Å². The number of alkyl halides is 3. The summed E-state index contributed by atoms with van der Waals surface area (Å²) in [5.41, 5.74) is 0. The molecule has 0 saturated carbocycles. The SMILES string of the molecule is C#CCNC(=O)c1c[n+](CCC(=O)O)ns1.COC(=O)C(F)(F)F. The van der Waals surface area contributed by atoms with Crippen LogP contribution in [0.25, 0.3) is 0 Å². The number of nitrogens with zero attached hydrogens (tertiary/aromatic N) is 2. The molecule has 0 aromatic carbocycles. The first-order valence-corrected chi connectivity index (χ1v) is 6.84. The number of aromatic nitrogens is 2. The van der Waals surface area contributed by atoms with Gasteiger partial charge in [-0.3, -0.25) is 9.59 Å². The molecule has 1 rings (SSSR count). The Hall–Kier alpha value is -2.68. The van der Waals surface area contributed by atoms with Gasteiger partial charge in [0, 0.05) is 11.5 Å². The maximum absolute atomic E-state index is 11.4. The van der Waals surface area contributed by atoms with Crippen molar-refractivity contribution in [3.8, 4) is 12.3 Å². The number of halogens is 3. The quantitative estimate of drug-likeness (QED) is 0.430. The van der Waals surface area contributed by atoms with E-state index >= 15 is 0 Å². The number of hydrogen-bond acceptors (Lipinski definition) is 6. The number of amides is 1. The Morgan fingerprint density at radius 1 is 1.50 bits per heavy atom. The molecule has 1 aromatic heterocycles.